The third-order valence-electron chi connectivity index (χ3n) is 5.90. The van der Waals surface area contributed by atoms with Crippen LogP contribution in [0.25, 0.3) is 0 Å². The smallest absolute Gasteiger partial charge is 0.320 e. The van der Waals surface area contributed by atoms with Crippen molar-refractivity contribution < 1.29 is 22.7 Å². The van der Waals surface area contributed by atoms with Crippen LogP contribution < -0.4 is 5.32 Å². The predicted molar refractivity (Wildman–Crippen MR) is 134 cm³/mol. The summed E-state index contributed by atoms with van der Waals surface area (Å²) in [7, 11) is -1.37. The Morgan fingerprint density at radius 1 is 1.09 bits per heavy atom. The van der Waals surface area contributed by atoms with Gasteiger partial charge in [-0.25, -0.2) is 8.42 Å². The summed E-state index contributed by atoms with van der Waals surface area (Å²) in [5.41, 5.74) is 0. The highest BCUT2D eigenvalue weighted by Gasteiger charge is 2.23. The van der Waals surface area contributed by atoms with Gasteiger partial charge in [0.1, 0.15) is 5.88 Å². The van der Waals surface area contributed by atoms with E-state index in [0.717, 1.165) is 69.0 Å². The third kappa shape index (κ3) is 11.3. The average Bonchev–Trinajstić information content (AvgIpc) is 2.78. The second-order valence-corrected chi connectivity index (χ2v) is 11.6. The number of sulfone groups is 1. The molecule has 0 radical (unpaired) electrons. The molecule has 33 heavy (non-hydrogen) atoms. The molecule has 1 fully saturated rings. The van der Waals surface area contributed by atoms with E-state index in [-0.39, 0.29) is 24.0 Å². The first kappa shape index (κ1) is 28.2. The van der Waals surface area contributed by atoms with E-state index in [2.05, 4.69) is 21.2 Å². The second-order valence-electron chi connectivity index (χ2n) is 8.72. The van der Waals surface area contributed by atoms with Crippen LogP contribution in [0.15, 0.2) is 33.6 Å². The molecule has 1 saturated carbocycles. The minimum absolute atomic E-state index is 0.0280. The Morgan fingerprint density at radius 2 is 1.76 bits per heavy atom. The van der Waals surface area contributed by atoms with Crippen LogP contribution in [0.1, 0.15) is 58.3 Å². The molecule has 1 aliphatic rings. The van der Waals surface area contributed by atoms with Crippen molar-refractivity contribution in [2.45, 2.75) is 75.3 Å². The van der Waals surface area contributed by atoms with Gasteiger partial charge in [-0.3, -0.25) is 9.69 Å². The van der Waals surface area contributed by atoms with Crippen molar-refractivity contribution in [3.8, 4) is 0 Å². The fraction of sp³-hybridized carbons (Fsp3) is 0.708. The van der Waals surface area contributed by atoms with Crippen LogP contribution >= 0.6 is 15.9 Å². The molecule has 0 heterocycles. The number of benzene rings is 1. The van der Waals surface area contributed by atoms with Crippen molar-refractivity contribution in [2.75, 3.05) is 39.2 Å². The Kier molecular flexibility index (Phi) is 12.9. The van der Waals surface area contributed by atoms with Crippen LogP contribution in [-0.2, 0) is 24.1 Å². The number of esters is 1. The highest BCUT2D eigenvalue weighted by molar-refractivity contribution is 9.10. The van der Waals surface area contributed by atoms with Crippen LogP contribution in [0.4, 0.5) is 0 Å². The summed E-state index contributed by atoms with van der Waals surface area (Å²) in [6, 6.07) is 6.99. The molecule has 1 aromatic rings. The highest BCUT2D eigenvalue weighted by Crippen LogP contribution is 2.22. The lowest BCUT2D eigenvalue weighted by molar-refractivity contribution is -0.144. The Labute approximate surface area is 207 Å². The fourth-order valence-corrected chi connectivity index (χ4v) is 5.42. The lowest BCUT2D eigenvalue weighted by Crippen LogP contribution is -2.38. The first-order chi connectivity index (χ1) is 15.8. The first-order valence-corrected chi connectivity index (χ1v) is 14.4. The molecule has 0 atom stereocenters. The van der Waals surface area contributed by atoms with E-state index in [0.29, 0.717) is 18.0 Å². The van der Waals surface area contributed by atoms with E-state index >= 15 is 0 Å². The molecule has 188 valence electrons. The Balaban J connectivity index is 1.50. The zero-order valence-electron chi connectivity index (χ0n) is 19.9. The van der Waals surface area contributed by atoms with E-state index in [4.69, 9.17) is 9.47 Å². The number of hydrogen-bond donors (Lipinski definition) is 1. The van der Waals surface area contributed by atoms with Gasteiger partial charge in [0.05, 0.1) is 24.2 Å². The molecular weight excluding hydrogens is 508 g/mol. The summed E-state index contributed by atoms with van der Waals surface area (Å²) < 4.78 is 36.8. The first-order valence-electron chi connectivity index (χ1n) is 12.0. The Bertz CT molecular complexity index is 796. The van der Waals surface area contributed by atoms with E-state index in [1.54, 1.807) is 24.3 Å². The van der Waals surface area contributed by atoms with E-state index in [1.165, 1.54) is 0 Å². The molecule has 1 aromatic carbocycles. The van der Waals surface area contributed by atoms with Gasteiger partial charge in [-0.2, -0.15) is 0 Å². The summed E-state index contributed by atoms with van der Waals surface area (Å²) in [6.07, 6.45) is 8.45. The fourth-order valence-electron chi connectivity index (χ4n) is 3.98. The number of likely N-dealkylation sites (N-methyl/N-ethyl adjacent to an activating group) is 1. The number of nitrogens with one attached hydrogen (secondary N) is 1. The molecule has 7 nitrogen and oxygen atoms in total. The predicted octanol–water partition coefficient (Wildman–Crippen LogP) is 4.15. The van der Waals surface area contributed by atoms with E-state index in [9.17, 15) is 13.2 Å². The average molecular weight is 548 g/mol. The molecule has 0 unspecified atom stereocenters. The monoisotopic (exact) mass is 546 g/mol. The van der Waals surface area contributed by atoms with Crippen LogP contribution in [0.5, 0.6) is 0 Å². The molecule has 1 aliphatic carbocycles. The molecule has 0 aromatic heterocycles. The van der Waals surface area contributed by atoms with E-state index in [1.807, 2.05) is 18.9 Å². The van der Waals surface area contributed by atoms with Gasteiger partial charge < -0.3 is 14.8 Å². The normalized spacial score (nSPS) is 19.0. The minimum Gasteiger partial charge on any atom is -0.465 e. The lowest BCUT2D eigenvalue weighted by atomic mass is 9.93. The Hall–Kier alpha value is -1.00. The van der Waals surface area contributed by atoms with Crippen molar-refractivity contribution in [3.63, 3.8) is 0 Å². The maximum absolute atomic E-state index is 12.5. The number of carbonyl (C=O) groups excluding carboxylic acids is 1. The maximum Gasteiger partial charge on any atom is 0.320 e. The number of hydrogen-bond acceptors (Lipinski definition) is 7. The maximum atomic E-state index is 12.5. The molecule has 0 aliphatic heterocycles. The van der Waals surface area contributed by atoms with Gasteiger partial charge >= 0.3 is 5.97 Å². The SMILES string of the molecule is CCOC(=O)CN(C)CCCCCCOC1CCC(NCS(=O)(=O)c2ccc(Br)cc2)CC1. The van der Waals surface area contributed by atoms with Crippen LogP contribution in [0.3, 0.4) is 0 Å². The molecule has 0 amide bonds. The molecule has 0 saturated heterocycles. The quantitative estimate of drug-likeness (QED) is 0.261. The molecule has 9 heteroatoms. The summed E-state index contributed by atoms with van der Waals surface area (Å²) in [6.45, 7) is 4.28. The third-order valence-corrected chi connectivity index (χ3v) is 7.97. The second kappa shape index (κ2) is 15.1. The standard InChI is InChI=1S/C24H39BrN2O5S/c1-3-31-24(28)18-27(2)16-6-4-5-7-17-32-22-12-10-21(11-13-22)26-19-33(29,30)23-14-8-20(25)9-15-23/h8-9,14-15,21-22,26H,3-7,10-13,16-19H2,1-2H3. The number of rotatable bonds is 15. The molecule has 0 bridgehead atoms. The van der Waals surface area contributed by atoms with Crippen molar-refractivity contribution in [1.82, 2.24) is 10.2 Å². The van der Waals surface area contributed by atoms with Gasteiger partial charge in [0, 0.05) is 17.1 Å². The van der Waals surface area contributed by atoms with Gasteiger partial charge in [0.15, 0.2) is 9.84 Å². The lowest BCUT2D eigenvalue weighted by Gasteiger charge is -2.29. The molecule has 0 spiro atoms. The Morgan fingerprint density at radius 3 is 2.42 bits per heavy atom. The zero-order chi connectivity index (χ0) is 24.1. The van der Waals surface area contributed by atoms with E-state index < -0.39 is 9.84 Å². The largest absolute Gasteiger partial charge is 0.465 e. The summed E-state index contributed by atoms with van der Waals surface area (Å²) >= 11 is 3.33. The summed E-state index contributed by atoms with van der Waals surface area (Å²) in [5.74, 6) is -0.190. The van der Waals surface area contributed by atoms with Crippen molar-refractivity contribution in [1.29, 1.82) is 0 Å². The molecule has 2 rings (SSSR count). The van der Waals surface area contributed by atoms with Crippen molar-refractivity contribution >= 4 is 31.7 Å². The highest BCUT2D eigenvalue weighted by atomic mass is 79.9. The van der Waals surface area contributed by atoms with Crippen LogP contribution in [-0.4, -0.2) is 70.7 Å². The van der Waals surface area contributed by atoms with Crippen LogP contribution in [0.2, 0.25) is 0 Å². The van der Waals surface area contributed by atoms with Gasteiger partial charge in [0.25, 0.3) is 0 Å². The van der Waals surface area contributed by atoms with Gasteiger partial charge in [-0.05, 0) is 83.3 Å². The minimum atomic E-state index is -3.32. The van der Waals surface area contributed by atoms with Gasteiger partial charge in [0.2, 0.25) is 0 Å². The van der Waals surface area contributed by atoms with Gasteiger partial charge in [-0.15, -0.1) is 0 Å². The number of carbonyl (C=O) groups is 1. The van der Waals surface area contributed by atoms with Crippen molar-refractivity contribution in [2.24, 2.45) is 0 Å². The molecule has 1 N–H and O–H groups in total. The number of nitrogens with zero attached hydrogens (tertiary/aromatic N) is 1. The van der Waals surface area contributed by atoms with Crippen LogP contribution in [0, 0.1) is 0 Å². The number of halogens is 1. The topological polar surface area (TPSA) is 84.9 Å². The number of ether oxygens (including phenoxy) is 2. The zero-order valence-corrected chi connectivity index (χ0v) is 22.3. The van der Waals surface area contributed by atoms with Crippen molar-refractivity contribution in [3.05, 3.63) is 28.7 Å². The number of unbranched alkanes of at least 4 members (excludes halogenated alkanes) is 3. The summed E-state index contributed by atoms with van der Waals surface area (Å²) in [5, 5.41) is 3.23. The molecular formula is C24H39BrN2O5S. The van der Waals surface area contributed by atoms with Gasteiger partial charge in [-0.1, -0.05) is 28.8 Å². The summed E-state index contributed by atoms with van der Waals surface area (Å²) in [4.78, 5) is 13.8.